The Balaban J connectivity index is 0.00000324. The van der Waals surface area contributed by atoms with Gasteiger partial charge in [0.25, 0.3) is 11.8 Å². The summed E-state index contributed by atoms with van der Waals surface area (Å²) in [4.78, 5) is 55.5. The quantitative estimate of drug-likeness (QED) is 0.140. The van der Waals surface area contributed by atoms with Gasteiger partial charge in [0.1, 0.15) is 22.8 Å². The number of carbonyl (C=O) groups excluding carboxylic acids is 3. The number of fused-ring (bicyclic) bond motifs is 1. The standard InChI is InChI=1S/C38H49N7O5.3ClH/c1-26-14-17-31(33(23-26)50-22-9-7-8-13-35(46)45-20-18-43(4)19-21-45)44(5)38(48)27-15-16-28(32(24-27)49-6)37(47)40-30-12-10-11-29-36(30)41-34(39-29)25-42(2)3;;;/h10-12,14-17,23-24H,7-9,13,18-22,25H2,1-6H3,(H,39,41)(H,40,47);3*1H. The van der Waals surface area contributed by atoms with E-state index in [9.17, 15) is 14.4 Å². The molecule has 0 bridgehead atoms. The summed E-state index contributed by atoms with van der Waals surface area (Å²) in [7, 11) is 9.19. The third-order valence-electron chi connectivity index (χ3n) is 8.90. The summed E-state index contributed by atoms with van der Waals surface area (Å²) in [6.45, 7) is 6.54. The molecule has 15 heteroatoms. The van der Waals surface area contributed by atoms with Crippen molar-refractivity contribution in [1.82, 2.24) is 24.7 Å². The van der Waals surface area contributed by atoms with Crippen molar-refractivity contribution in [2.45, 2.75) is 39.2 Å². The first-order valence-electron chi connectivity index (χ1n) is 17.1. The molecule has 1 aromatic heterocycles. The minimum atomic E-state index is -0.378. The highest BCUT2D eigenvalue weighted by molar-refractivity contribution is 6.11. The van der Waals surface area contributed by atoms with E-state index in [1.54, 1.807) is 36.2 Å². The molecule has 0 aliphatic carbocycles. The van der Waals surface area contributed by atoms with Gasteiger partial charge in [-0.05, 0) is 95.4 Å². The van der Waals surface area contributed by atoms with Gasteiger partial charge in [-0.3, -0.25) is 14.4 Å². The number of aryl methyl sites for hydroxylation is 1. The molecule has 3 aromatic carbocycles. The molecule has 53 heavy (non-hydrogen) atoms. The molecule has 0 unspecified atom stereocenters. The fourth-order valence-corrected chi connectivity index (χ4v) is 6.03. The highest BCUT2D eigenvalue weighted by atomic mass is 35.5. The molecule has 290 valence electrons. The van der Waals surface area contributed by atoms with Gasteiger partial charge < -0.3 is 39.4 Å². The van der Waals surface area contributed by atoms with Gasteiger partial charge in [-0.1, -0.05) is 12.1 Å². The number of para-hydroxylation sites is 1. The number of aromatic nitrogens is 2. The number of piperazine rings is 1. The van der Waals surface area contributed by atoms with Crippen LogP contribution < -0.4 is 19.7 Å². The molecule has 0 saturated carbocycles. The smallest absolute Gasteiger partial charge is 0.259 e. The molecule has 1 fully saturated rings. The molecule has 3 amide bonds. The molecule has 0 radical (unpaired) electrons. The van der Waals surface area contributed by atoms with Gasteiger partial charge in [0.15, 0.2) is 0 Å². The monoisotopic (exact) mass is 791 g/mol. The van der Waals surface area contributed by atoms with Crippen LogP contribution in [0.3, 0.4) is 0 Å². The fraction of sp³-hybridized carbons (Fsp3) is 0.421. The number of unbranched alkanes of at least 4 members (excludes halogenated alkanes) is 2. The highest BCUT2D eigenvalue weighted by Crippen LogP contribution is 2.31. The average Bonchev–Trinajstić information content (AvgIpc) is 3.52. The van der Waals surface area contributed by atoms with Crippen molar-refractivity contribution in [1.29, 1.82) is 0 Å². The molecule has 0 atom stereocenters. The summed E-state index contributed by atoms with van der Waals surface area (Å²) in [6.07, 6.45) is 3.05. The zero-order valence-electron chi connectivity index (χ0n) is 31.3. The number of amides is 3. The molecule has 12 nitrogen and oxygen atoms in total. The van der Waals surface area contributed by atoms with Gasteiger partial charge in [0, 0.05) is 45.2 Å². The Morgan fingerprint density at radius 1 is 0.906 bits per heavy atom. The number of anilines is 2. The first-order chi connectivity index (χ1) is 24.0. The number of aromatic amines is 1. The molecule has 0 spiro atoms. The van der Waals surface area contributed by atoms with E-state index >= 15 is 0 Å². The summed E-state index contributed by atoms with van der Waals surface area (Å²) in [5.74, 6) is 1.25. The van der Waals surface area contributed by atoms with E-state index in [0.717, 1.165) is 62.3 Å². The Morgan fingerprint density at radius 2 is 1.64 bits per heavy atom. The first kappa shape index (κ1) is 45.1. The predicted molar refractivity (Wildman–Crippen MR) is 218 cm³/mol. The Hall–Kier alpha value is -4.07. The third kappa shape index (κ3) is 11.7. The molecule has 2 N–H and O–H groups in total. The van der Waals surface area contributed by atoms with Crippen LogP contribution in [0.15, 0.2) is 54.6 Å². The van der Waals surface area contributed by atoms with Crippen LogP contribution in [-0.2, 0) is 11.3 Å². The number of imidazole rings is 1. The largest absolute Gasteiger partial charge is 0.496 e. The number of nitrogens with zero attached hydrogens (tertiary/aromatic N) is 5. The van der Waals surface area contributed by atoms with Gasteiger partial charge in [0.2, 0.25) is 5.91 Å². The lowest BCUT2D eigenvalue weighted by Crippen LogP contribution is -2.47. The Labute approximate surface area is 330 Å². The zero-order chi connectivity index (χ0) is 35.8. The van der Waals surface area contributed by atoms with Crippen LogP contribution in [0.5, 0.6) is 11.5 Å². The molecule has 1 aliphatic heterocycles. The SMILES string of the molecule is COc1cc(C(=O)N(C)c2ccc(C)cc2OCCCCCC(=O)N2CCN(C)CC2)ccc1C(=O)Nc1cccc2[nH]c(CN(C)C)nc12.Cl.Cl.Cl. The minimum absolute atomic E-state index is 0. The Kier molecular flexibility index (Phi) is 17.9. The van der Waals surface area contributed by atoms with Crippen LogP contribution >= 0.6 is 37.2 Å². The van der Waals surface area contributed by atoms with Crippen LogP contribution in [0, 0.1) is 6.92 Å². The highest BCUT2D eigenvalue weighted by Gasteiger charge is 2.22. The zero-order valence-corrected chi connectivity index (χ0v) is 33.7. The fourth-order valence-electron chi connectivity index (χ4n) is 6.03. The third-order valence-corrected chi connectivity index (χ3v) is 8.90. The molecule has 5 rings (SSSR count). The first-order valence-corrected chi connectivity index (χ1v) is 17.1. The normalized spacial score (nSPS) is 12.7. The maximum atomic E-state index is 13.7. The molecular weight excluding hydrogens is 741 g/mol. The average molecular weight is 793 g/mol. The molecule has 4 aromatic rings. The van der Waals surface area contributed by atoms with Crippen LogP contribution in [0.25, 0.3) is 11.0 Å². The van der Waals surface area contributed by atoms with E-state index in [-0.39, 0.29) is 66.3 Å². The van der Waals surface area contributed by atoms with Crippen molar-refractivity contribution < 1.29 is 23.9 Å². The molecule has 1 saturated heterocycles. The number of hydrogen-bond donors (Lipinski definition) is 2. The van der Waals surface area contributed by atoms with Crippen molar-refractivity contribution >= 4 is 77.4 Å². The number of methoxy groups -OCH3 is 1. The summed E-state index contributed by atoms with van der Waals surface area (Å²) < 4.78 is 11.8. The van der Waals surface area contributed by atoms with Crippen LogP contribution in [0.1, 0.15) is 57.8 Å². The maximum Gasteiger partial charge on any atom is 0.259 e. The number of nitrogens with one attached hydrogen (secondary N) is 2. The minimum Gasteiger partial charge on any atom is -0.496 e. The van der Waals surface area contributed by atoms with Crippen molar-refractivity contribution in [3.63, 3.8) is 0 Å². The number of likely N-dealkylation sites (N-methyl/N-ethyl adjacent to an activating group) is 1. The van der Waals surface area contributed by atoms with Gasteiger partial charge in [-0.15, -0.1) is 37.2 Å². The van der Waals surface area contributed by atoms with Gasteiger partial charge >= 0.3 is 0 Å². The number of ether oxygens (including phenoxy) is 2. The predicted octanol–water partition coefficient (Wildman–Crippen LogP) is 6.45. The van der Waals surface area contributed by atoms with Crippen molar-refractivity contribution in [2.75, 3.05) is 78.3 Å². The summed E-state index contributed by atoms with van der Waals surface area (Å²) in [6, 6.07) is 16.1. The van der Waals surface area contributed by atoms with Crippen LogP contribution in [-0.4, -0.2) is 110 Å². The van der Waals surface area contributed by atoms with E-state index in [1.165, 1.54) is 7.11 Å². The molecule has 1 aliphatic rings. The Bertz CT molecular complexity index is 1830. The maximum absolute atomic E-state index is 13.7. The topological polar surface area (TPSA) is 123 Å². The van der Waals surface area contributed by atoms with Gasteiger partial charge in [-0.2, -0.15) is 0 Å². The van der Waals surface area contributed by atoms with E-state index in [4.69, 9.17) is 9.47 Å². The number of benzene rings is 3. The van der Waals surface area contributed by atoms with Crippen molar-refractivity contribution in [3.05, 3.63) is 77.1 Å². The summed E-state index contributed by atoms with van der Waals surface area (Å²) >= 11 is 0. The molecule has 2 heterocycles. The second-order valence-corrected chi connectivity index (χ2v) is 13.2. The van der Waals surface area contributed by atoms with Gasteiger partial charge in [0.05, 0.1) is 42.7 Å². The van der Waals surface area contributed by atoms with Crippen molar-refractivity contribution in [2.24, 2.45) is 0 Å². The van der Waals surface area contributed by atoms with E-state index < -0.39 is 0 Å². The van der Waals surface area contributed by atoms with Gasteiger partial charge in [-0.25, -0.2) is 4.98 Å². The number of halogens is 3. The number of hydrogen-bond acceptors (Lipinski definition) is 8. The van der Waals surface area contributed by atoms with E-state index in [0.29, 0.717) is 47.8 Å². The van der Waals surface area contributed by atoms with Crippen LogP contribution in [0.4, 0.5) is 11.4 Å². The number of rotatable bonds is 14. The Morgan fingerprint density at radius 3 is 2.34 bits per heavy atom. The van der Waals surface area contributed by atoms with Crippen molar-refractivity contribution in [3.8, 4) is 11.5 Å². The number of carbonyl (C=O) groups is 3. The lowest BCUT2D eigenvalue weighted by molar-refractivity contribution is -0.132. The lowest BCUT2D eigenvalue weighted by atomic mass is 10.1. The second-order valence-electron chi connectivity index (χ2n) is 13.2. The van der Waals surface area contributed by atoms with Crippen LogP contribution in [0.2, 0.25) is 0 Å². The number of H-pyrrole nitrogens is 1. The summed E-state index contributed by atoms with van der Waals surface area (Å²) in [5, 5.41) is 2.96. The molecular formula is C38H52Cl3N7O5. The lowest BCUT2D eigenvalue weighted by Gasteiger charge is -2.32. The van der Waals surface area contributed by atoms with E-state index in [2.05, 4.69) is 27.2 Å². The summed E-state index contributed by atoms with van der Waals surface area (Å²) in [5.41, 5.74) is 4.35. The van der Waals surface area contributed by atoms with E-state index in [1.807, 2.05) is 61.2 Å². The second kappa shape index (κ2) is 21.0.